The third-order valence-corrected chi connectivity index (χ3v) is 3.63. The van der Waals surface area contributed by atoms with Gasteiger partial charge in [-0.25, -0.2) is 4.98 Å². The number of rotatable bonds is 2. The van der Waals surface area contributed by atoms with Crippen molar-refractivity contribution in [1.29, 1.82) is 0 Å². The molecule has 0 fully saturated rings. The number of thiocarbonyl (C=S) groups is 1. The fraction of sp³-hybridized carbons (Fsp3) is 0. The molecule has 2 rings (SSSR count). The van der Waals surface area contributed by atoms with Crippen molar-refractivity contribution >= 4 is 72.3 Å². The molecule has 19 heavy (non-hydrogen) atoms. The largest absolute Gasteiger partial charge is 0.331 e. The summed E-state index contributed by atoms with van der Waals surface area (Å²) in [5, 5.41) is 7.01. The highest BCUT2D eigenvalue weighted by molar-refractivity contribution is 9.10. The first kappa shape index (κ1) is 14.7. The molecule has 0 unspecified atom stereocenters. The van der Waals surface area contributed by atoms with Gasteiger partial charge in [-0.05, 0) is 58.5 Å². The molecule has 98 valence electrons. The Kier molecular flexibility index (Phi) is 5.15. The van der Waals surface area contributed by atoms with Crippen molar-refractivity contribution in [1.82, 2.24) is 4.98 Å². The van der Waals surface area contributed by atoms with E-state index >= 15 is 0 Å². The summed E-state index contributed by atoms with van der Waals surface area (Å²) < 4.78 is 1.82. The van der Waals surface area contributed by atoms with Crippen LogP contribution in [0.25, 0.3) is 0 Å². The minimum atomic E-state index is 0.430. The van der Waals surface area contributed by atoms with Crippen LogP contribution in [0.15, 0.2) is 45.5 Å². The molecule has 0 spiro atoms. The molecule has 0 aliphatic rings. The molecule has 0 amide bonds. The van der Waals surface area contributed by atoms with Crippen LogP contribution in [-0.4, -0.2) is 10.1 Å². The molecule has 7 heteroatoms. The van der Waals surface area contributed by atoms with Crippen molar-refractivity contribution in [2.75, 3.05) is 10.6 Å². The summed E-state index contributed by atoms with van der Waals surface area (Å²) in [6, 6.07) is 9.22. The number of benzene rings is 1. The Hall–Kier alpha value is -0.690. The van der Waals surface area contributed by atoms with Crippen LogP contribution in [0.4, 0.5) is 11.5 Å². The molecule has 0 atom stereocenters. The van der Waals surface area contributed by atoms with Gasteiger partial charge in [-0.2, -0.15) is 0 Å². The Morgan fingerprint density at radius 1 is 1.11 bits per heavy atom. The second kappa shape index (κ2) is 6.65. The van der Waals surface area contributed by atoms with Crippen molar-refractivity contribution in [2.45, 2.75) is 0 Å². The average molecular weight is 422 g/mol. The highest BCUT2D eigenvalue weighted by atomic mass is 79.9. The summed E-state index contributed by atoms with van der Waals surface area (Å²) in [4.78, 5) is 4.17. The lowest BCUT2D eigenvalue weighted by Crippen LogP contribution is -2.19. The van der Waals surface area contributed by atoms with Crippen molar-refractivity contribution in [3.05, 3.63) is 50.5 Å². The van der Waals surface area contributed by atoms with Gasteiger partial charge in [-0.1, -0.05) is 27.5 Å². The number of aromatic nitrogens is 1. The summed E-state index contributed by atoms with van der Waals surface area (Å²) in [5.41, 5.74) is 0.736. The first-order chi connectivity index (χ1) is 9.04. The molecule has 0 saturated heterocycles. The van der Waals surface area contributed by atoms with E-state index in [4.69, 9.17) is 23.8 Å². The monoisotopic (exact) mass is 419 g/mol. The standard InChI is InChI=1S/C12H8Br2ClN3S/c13-7-1-3-10(9(15)5-7)17-12(19)18-11-4-2-8(14)6-16-11/h1-6H,(H2,16,17,18,19). The number of halogens is 3. The van der Waals surface area contributed by atoms with Gasteiger partial charge in [0.25, 0.3) is 0 Å². The average Bonchev–Trinajstić information content (AvgIpc) is 2.36. The maximum atomic E-state index is 6.10. The zero-order chi connectivity index (χ0) is 13.8. The van der Waals surface area contributed by atoms with Crippen LogP contribution >= 0.6 is 55.7 Å². The highest BCUT2D eigenvalue weighted by Crippen LogP contribution is 2.25. The third-order valence-electron chi connectivity index (χ3n) is 2.15. The van der Waals surface area contributed by atoms with E-state index in [1.165, 1.54) is 0 Å². The van der Waals surface area contributed by atoms with Crippen LogP contribution in [0, 0.1) is 0 Å². The Balaban J connectivity index is 2.03. The Labute approximate surface area is 138 Å². The van der Waals surface area contributed by atoms with Gasteiger partial charge in [0.05, 0.1) is 10.7 Å². The van der Waals surface area contributed by atoms with E-state index in [0.717, 1.165) is 14.6 Å². The van der Waals surface area contributed by atoms with Crippen molar-refractivity contribution in [3.63, 3.8) is 0 Å². The van der Waals surface area contributed by atoms with E-state index in [2.05, 4.69) is 47.5 Å². The Morgan fingerprint density at radius 3 is 2.47 bits per heavy atom. The predicted molar refractivity (Wildman–Crippen MR) is 90.9 cm³/mol. The normalized spacial score (nSPS) is 10.1. The summed E-state index contributed by atoms with van der Waals surface area (Å²) in [5.74, 6) is 0.661. The lowest BCUT2D eigenvalue weighted by atomic mass is 10.3. The minimum absolute atomic E-state index is 0.430. The van der Waals surface area contributed by atoms with Crippen molar-refractivity contribution in [2.24, 2.45) is 0 Å². The molecule has 0 saturated carbocycles. The van der Waals surface area contributed by atoms with Crippen molar-refractivity contribution in [3.8, 4) is 0 Å². The molecule has 0 radical (unpaired) electrons. The lowest BCUT2D eigenvalue weighted by Gasteiger charge is -2.11. The molecule has 3 nitrogen and oxygen atoms in total. The van der Waals surface area contributed by atoms with Gasteiger partial charge in [0, 0.05) is 15.1 Å². The van der Waals surface area contributed by atoms with Crippen LogP contribution in [0.1, 0.15) is 0 Å². The zero-order valence-electron chi connectivity index (χ0n) is 9.45. The first-order valence-corrected chi connectivity index (χ1v) is 7.56. The SMILES string of the molecule is S=C(Nc1ccc(Br)cn1)Nc1ccc(Br)cc1Cl. The minimum Gasteiger partial charge on any atom is -0.331 e. The Bertz CT molecular complexity index is 604. The number of nitrogens with one attached hydrogen (secondary N) is 2. The van der Waals surface area contributed by atoms with Crippen LogP contribution in [0.5, 0.6) is 0 Å². The van der Waals surface area contributed by atoms with Gasteiger partial charge < -0.3 is 10.6 Å². The topological polar surface area (TPSA) is 37.0 Å². The van der Waals surface area contributed by atoms with Gasteiger partial charge in [-0.15, -0.1) is 0 Å². The van der Waals surface area contributed by atoms with Gasteiger partial charge in [0.1, 0.15) is 5.82 Å². The van der Waals surface area contributed by atoms with Gasteiger partial charge in [-0.3, -0.25) is 0 Å². The molecule has 1 aromatic carbocycles. The molecule has 2 aromatic rings. The fourth-order valence-electron chi connectivity index (χ4n) is 1.31. The van der Waals surface area contributed by atoms with Gasteiger partial charge >= 0.3 is 0 Å². The lowest BCUT2D eigenvalue weighted by molar-refractivity contribution is 1.31. The summed E-state index contributed by atoms with van der Waals surface area (Å²) in [6.07, 6.45) is 1.69. The molecular weight excluding hydrogens is 413 g/mol. The number of anilines is 2. The van der Waals surface area contributed by atoms with E-state index in [9.17, 15) is 0 Å². The maximum absolute atomic E-state index is 6.10. The molecule has 0 aliphatic carbocycles. The van der Waals surface area contributed by atoms with E-state index in [0.29, 0.717) is 16.0 Å². The second-order valence-corrected chi connectivity index (χ2v) is 6.21. The maximum Gasteiger partial charge on any atom is 0.176 e. The quantitative estimate of drug-likeness (QED) is 0.664. The highest BCUT2D eigenvalue weighted by Gasteiger charge is 2.04. The fourth-order valence-corrected chi connectivity index (χ4v) is 2.48. The van der Waals surface area contributed by atoms with Crippen LogP contribution < -0.4 is 10.6 Å². The second-order valence-electron chi connectivity index (χ2n) is 3.56. The number of hydrogen-bond acceptors (Lipinski definition) is 2. The van der Waals surface area contributed by atoms with E-state index < -0.39 is 0 Å². The molecule has 2 N–H and O–H groups in total. The molecule has 1 heterocycles. The van der Waals surface area contributed by atoms with Crippen LogP contribution in [0.3, 0.4) is 0 Å². The van der Waals surface area contributed by atoms with Gasteiger partial charge in [0.15, 0.2) is 5.11 Å². The number of nitrogens with zero attached hydrogens (tertiary/aromatic N) is 1. The van der Waals surface area contributed by atoms with Crippen molar-refractivity contribution < 1.29 is 0 Å². The molecular formula is C12H8Br2ClN3S. The van der Waals surface area contributed by atoms with Crippen LogP contribution in [-0.2, 0) is 0 Å². The summed E-state index contributed by atoms with van der Waals surface area (Å²) >= 11 is 18.0. The number of hydrogen-bond donors (Lipinski definition) is 2. The molecule has 0 aliphatic heterocycles. The zero-order valence-corrected chi connectivity index (χ0v) is 14.2. The smallest absolute Gasteiger partial charge is 0.176 e. The third kappa shape index (κ3) is 4.42. The predicted octanol–water partition coefficient (Wildman–Crippen LogP) is 5.07. The number of pyridine rings is 1. The van der Waals surface area contributed by atoms with E-state index in [-0.39, 0.29) is 0 Å². The molecule has 1 aromatic heterocycles. The Morgan fingerprint density at radius 2 is 1.84 bits per heavy atom. The summed E-state index contributed by atoms with van der Waals surface area (Å²) in [7, 11) is 0. The first-order valence-electron chi connectivity index (χ1n) is 5.19. The molecule has 0 bridgehead atoms. The van der Waals surface area contributed by atoms with E-state index in [1.54, 1.807) is 12.3 Å². The summed E-state index contributed by atoms with van der Waals surface area (Å²) in [6.45, 7) is 0. The van der Waals surface area contributed by atoms with E-state index in [1.807, 2.05) is 24.3 Å². The van der Waals surface area contributed by atoms with Crippen LogP contribution in [0.2, 0.25) is 5.02 Å². The van der Waals surface area contributed by atoms with Gasteiger partial charge in [0.2, 0.25) is 0 Å².